The van der Waals surface area contributed by atoms with Crippen molar-refractivity contribution < 1.29 is 0 Å². The molecule has 2 atom stereocenters. The fraction of sp³-hybridized carbons (Fsp3) is 0.533. The van der Waals surface area contributed by atoms with Crippen molar-refractivity contribution in [2.45, 2.75) is 38.6 Å². The Kier molecular flexibility index (Phi) is 3.86. The number of rotatable bonds is 3. The molecule has 3 rings (SSSR count). The van der Waals surface area contributed by atoms with Crippen molar-refractivity contribution in [2.75, 3.05) is 0 Å². The average Bonchev–Trinajstić information content (AvgIpc) is 2.94. The first-order valence-electron chi connectivity index (χ1n) is 6.88. The van der Waals surface area contributed by atoms with Crippen LogP contribution in [0, 0.1) is 11.8 Å². The van der Waals surface area contributed by atoms with Crippen LogP contribution in [0.25, 0.3) is 11.0 Å². The van der Waals surface area contributed by atoms with Crippen LogP contribution in [0.3, 0.4) is 0 Å². The Labute approximate surface area is 127 Å². The van der Waals surface area contributed by atoms with Crippen molar-refractivity contribution in [3.63, 3.8) is 0 Å². The predicted octanol–water partition coefficient (Wildman–Crippen LogP) is 4.97. The molecule has 2 unspecified atom stereocenters. The van der Waals surface area contributed by atoms with E-state index in [1.165, 1.54) is 24.8 Å². The van der Waals surface area contributed by atoms with E-state index in [0.717, 1.165) is 34.2 Å². The molecular formula is C15H18BrClN2. The first-order chi connectivity index (χ1) is 9.17. The monoisotopic (exact) mass is 340 g/mol. The van der Waals surface area contributed by atoms with Gasteiger partial charge in [-0.05, 0) is 42.9 Å². The number of nitrogens with zero attached hydrogens (tertiary/aromatic N) is 2. The van der Waals surface area contributed by atoms with Gasteiger partial charge in [0.1, 0.15) is 5.82 Å². The van der Waals surface area contributed by atoms with Crippen LogP contribution in [-0.4, -0.2) is 9.55 Å². The minimum atomic E-state index is 0.481. The van der Waals surface area contributed by atoms with Gasteiger partial charge in [-0.25, -0.2) is 4.98 Å². The lowest BCUT2D eigenvalue weighted by atomic mass is 10.1. The molecule has 2 aromatic rings. The van der Waals surface area contributed by atoms with Crippen molar-refractivity contribution >= 4 is 38.6 Å². The maximum absolute atomic E-state index is 6.06. The van der Waals surface area contributed by atoms with Crippen molar-refractivity contribution in [3.8, 4) is 0 Å². The molecule has 0 bridgehead atoms. The molecule has 0 amide bonds. The molecule has 1 heterocycles. The number of benzene rings is 1. The fourth-order valence-electron chi connectivity index (χ4n) is 3.21. The van der Waals surface area contributed by atoms with Gasteiger partial charge in [-0.15, -0.1) is 11.6 Å². The molecule has 2 nitrogen and oxygen atoms in total. The lowest BCUT2D eigenvalue weighted by Gasteiger charge is -2.13. The van der Waals surface area contributed by atoms with E-state index in [2.05, 4.69) is 50.6 Å². The highest BCUT2D eigenvalue weighted by Crippen LogP contribution is 2.33. The summed E-state index contributed by atoms with van der Waals surface area (Å²) in [6.45, 7) is 3.41. The van der Waals surface area contributed by atoms with E-state index >= 15 is 0 Å². The average molecular weight is 342 g/mol. The summed E-state index contributed by atoms with van der Waals surface area (Å²) in [4.78, 5) is 4.65. The Morgan fingerprint density at radius 2 is 2.26 bits per heavy atom. The molecule has 1 aromatic carbocycles. The third-order valence-corrected chi connectivity index (χ3v) is 4.89. The molecule has 0 N–H and O–H groups in total. The van der Waals surface area contributed by atoms with Gasteiger partial charge in [0, 0.05) is 11.0 Å². The first-order valence-corrected chi connectivity index (χ1v) is 8.20. The molecule has 1 saturated carbocycles. The van der Waals surface area contributed by atoms with E-state index in [9.17, 15) is 0 Å². The molecule has 1 aliphatic rings. The molecule has 0 radical (unpaired) electrons. The Bertz CT molecular complexity index is 593. The number of alkyl halides is 1. The minimum Gasteiger partial charge on any atom is -0.327 e. The number of aromatic nitrogens is 2. The van der Waals surface area contributed by atoms with Crippen LogP contribution < -0.4 is 0 Å². The molecule has 1 aliphatic carbocycles. The summed E-state index contributed by atoms with van der Waals surface area (Å²) in [5.74, 6) is 3.12. The third kappa shape index (κ3) is 2.68. The zero-order chi connectivity index (χ0) is 13.4. The van der Waals surface area contributed by atoms with Gasteiger partial charge in [-0.2, -0.15) is 0 Å². The topological polar surface area (TPSA) is 17.8 Å². The smallest absolute Gasteiger partial charge is 0.124 e. The van der Waals surface area contributed by atoms with Crippen LogP contribution >= 0.6 is 27.5 Å². The lowest BCUT2D eigenvalue weighted by Crippen LogP contribution is -2.10. The number of hydrogen-bond acceptors (Lipinski definition) is 1. The fourth-order valence-corrected chi connectivity index (χ4v) is 3.76. The second-order valence-corrected chi connectivity index (χ2v) is 6.87. The van der Waals surface area contributed by atoms with Gasteiger partial charge in [0.15, 0.2) is 0 Å². The zero-order valence-corrected chi connectivity index (χ0v) is 13.4. The first kappa shape index (κ1) is 13.4. The van der Waals surface area contributed by atoms with E-state index in [4.69, 9.17) is 11.6 Å². The van der Waals surface area contributed by atoms with Crippen LogP contribution in [0.5, 0.6) is 0 Å². The Morgan fingerprint density at radius 1 is 1.42 bits per heavy atom. The maximum Gasteiger partial charge on any atom is 0.124 e. The summed E-state index contributed by atoms with van der Waals surface area (Å²) < 4.78 is 3.39. The summed E-state index contributed by atoms with van der Waals surface area (Å²) in [5, 5.41) is 0. The highest BCUT2D eigenvalue weighted by atomic mass is 79.9. The van der Waals surface area contributed by atoms with E-state index < -0.39 is 0 Å². The van der Waals surface area contributed by atoms with Crippen LogP contribution in [-0.2, 0) is 12.4 Å². The number of hydrogen-bond donors (Lipinski definition) is 0. The molecule has 0 aliphatic heterocycles. The van der Waals surface area contributed by atoms with Crippen molar-refractivity contribution in [1.29, 1.82) is 0 Å². The molecule has 1 aromatic heterocycles. The van der Waals surface area contributed by atoms with Crippen LogP contribution in [0.15, 0.2) is 22.7 Å². The van der Waals surface area contributed by atoms with E-state index in [1.54, 1.807) is 0 Å². The molecular weight excluding hydrogens is 324 g/mol. The van der Waals surface area contributed by atoms with Gasteiger partial charge in [0.05, 0.1) is 16.9 Å². The molecule has 102 valence electrons. The SMILES string of the molecule is CC1CCC(Cn2c(CCl)nc3cc(Br)ccc32)C1. The number of halogens is 2. The lowest BCUT2D eigenvalue weighted by molar-refractivity contribution is 0.441. The summed E-state index contributed by atoms with van der Waals surface area (Å²) in [7, 11) is 0. The van der Waals surface area contributed by atoms with Gasteiger partial charge in [0.2, 0.25) is 0 Å². The normalized spacial score (nSPS) is 23.3. The van der Waals surface area contributed by atoms with Crippen molar-refractivity contribution in [2.24, 2.45) is 11.8 Å². The second-order valence-electron chi connectivity index (χ2n) is 5.69. The predicted molar refractivity (Wildman–Crippen MR) is 83.5 cm³/mol. The Balaban J connectivity index is 1.96. The minimum absolute atomic E-state index is 0.481. The van der Waals surface area contributed by atoms with Gasteiger partial charge in [-0.3, -0.25) is 0 Å². The largest absolute Gasteiger partial charge is 0.327 e. The van der Waals surface area contributed by atoms with Crippen LogP contribution in [0.2, 0.25) is 0 Å². The Hall–Kier alpha value is -0.540. The van der Waals surface area contributed by atoms with E-state index in [1.807, 2.05) is 0 Å². The molecule has 1 fully saturated rings. The molecule has 0 saturated heterocycles. The van der Waals surface area contributed by atoms with Gasteiger partial charge in [0.25, 0.3) is 0 Å². The highest BCUT2D eigenvalue weighted by Gasteiger charge is 2.23. The van der Waals surface area contributed by atoms with E-state index in [0.29, 0.717) is 5.88 Å². The summed E-state index contributed by atoms with van der Waals surface area (Å²) >= 11 is 9.56. The maximum atomic E-state index is 6.06. The quantitative estimate of drug-likeness (QED) is 0.720. The van der Waals surface area contributed by atoms with Crippen molar-refractivity contribution in [1.82, 2.24) is 9.55 Å². The highest BCUT2D eigenvalue weighted by molar-refractivity contribution is 9.10. The standard InChI is InChI=1S/C15H18BrClN2/c1-10-2-3-11(6-10)9-19-14-5-4-12(16)7-13(14)18-15(19)8-17/h4-5,7,10-11H,2-3,6,8-9H2,1H3. The molecule has 19 heavy (non-hydrogen) atoms. The number of fused-ring (bicyclic) bond motifs is 1. The molecule has 0 spiro atoms. The van der Waals surface area contributed by atoms with Crippen LogP contribution in [0.1, 0.15) is 32.0 Å². The zero-order valence-electron chi connectivity index (χ0n) is 11.1. The second kappa shape index (κ2) is 5.45. The Morgan fingerprint density at radius 3 is 2.95 bits per heavy atom. The van der Waals surface area contributed by atoms with Gasteiger partial charge in [-0.1, -0.05) is 29.3 Å². The van der Waals surface area contributed by atoms with Gasteiger partial charge >= 0.3 is 0 Å². The summed E-state index contributed by atoms with van der Waals surface area (Å²) in [6, 6.07) is 6.29. The summed E-state index contributed by atoms with van der Waals surface area (Å²) in [6.07, 6.45) is 4.02. The third-order valence-electron chi connectivity index (χ3n) is 4.15. The van der Waals surface area contributed by atoms with Gasteiger partial charge < -0.3 is 4.57 Å². The van der Waals surface area contributed by atoms with Crippen LogP contribution in [0.4, 0.5) is 0 Å². The van der Waals surface area contributed by atoms with Crippen molar-refractivity contribution in [3.05, 3.63) is 28.5 Å². The summed E-state index contributed by atoms with van der Waals surface area (Å²) in [5.41, 5.74) is 2.24. The number of imidazole rings is 1. The van der Waals surface area contributed by atoms with E-state index in [-0.39, 0.29) is 0 Å². The molecule has 4 heteroatoms.